The molecule has 0 aliphatic carbocycles. The fourth-order valence-corrected chi connectivity index (χ4v) is 3.03. The Hall–Kier alpha value is -1.35. The van der Waals surface area contributed by atoms with Crippen LogP contribution in [-0.2, 0) is 14.9 Å². The minimum Gasteiger partial charge on any atom is -0.481 e. The highest BCUT2D eigenvalue weighted by Gasteiger charge is 2.47. The molecule has 0 saturated carbocycles. The van der Waals surface area contributed by atoms with Crippen molar-refractivity contribution in [2.45, 2.75) is 39.5 Å². The van der Waals surface area contributed by atoms with Crippen LogP contribution in [0.1, 0.15) is 37.0 Å². The molecular weight excluding hydrogens is 240 g/mol. The monoisotopic (exact) mass is 262 g/mol. The first-order valence-electron chi connectivity index (χ1n) is 6.66. The normalized spacial score (nSPS) is 17.9. The summed E-state index contributed by atoms with van der Waals surface area (Å²) in [6.45, 7) is 8.98. The number of carbonyl (C=O) groups is 1. The zero-order valence-corrected chi connectivity index (χ0v) is 12.1. The number of aliphatic carboxylic acids is 1. The zero-order valence-electron chi connectivity index (χ0n) is 12.1. The maximum absolute atomic E-state index is 11.4. The first-order chi connectivity index (χ1) is 8.77. The van der Waals surface area contributed by atoms with Gasteiger partial charge < -0.3 is 9.84 Å². The predicted molar refractivity (Wildman–Crippen MR) is 74.4 cm³/mol. The summed E-state index contributed by atoms with van der Waals surface area (Å²) in [5, 5.41) is 9.34. The molecule has 0 spiro atoms. The lowest BCUT2D eigenvalue weighted by atomic mass is 9.66. The van der Waals surface area contributed by atoms with E-state index >= 15 is 0 Å². The van der Waals surface area contributed by atoms with Gasteiger partial charge in [0.05, 0.1) is 18.6 Å². The summed E-state index contributed by atoms with van der Waals surface area (Å²) in [4.78, 5) is 11.4. The van der Waals surface area contributed by atoms with Gasteiger partial charge in [0.15, 0.2) is 0 Å². The van der Waals surface area contributed by atoms with Crippen molar-refractivity contribution in [2.75, 3.05) is 13.2 Å². The summed E-state index contributed by atoms with van der Waals surface area (Å²) in [7, 11) is 0. The Morgan fingerprint density at radius 3 is 2.42 bits per heavy atom. The molecule has 0 bridgehead atoms. The van der Waals surface area contributed by atoms with Gasteiger partial charge in [0.2, 0.25) is 0 Å². The third-order valence-corrected chi connectivity index (χ3v) is 4.07. The van der Waals surface area contributed by atoms with Crippen molar-refractivity contribution in [3.8, 4) is 0 Å². The molecule has 0 unspecified atom stereocenters. The van der Waals surface area contributed by atoms with Crippen molar-refractivity contribution in [2.24, 2.45) is 5.41 Å². The van der Waals surface area contributed by atoms with E-state index < -0.39 is 11.4 Å². The number of hydrogen-bond acceptors (Lipinski definition) is 2. The second kappa shape index (κ2) is 4.64. The molecule has 104 valence electrons. The zero-order chi connectivity index (χ0) is 14.3. The summed E-state index contributed by atoms with van der Waals surface area (Å²) >= 11 is 0. The summed E-state index contributed by atoms with van der Waals surface area (Å²) < 4.78 is 5.41. The number of carboxylic acid groups (broad SMARTS) is 1. The van der Waals surface area contributed by atoms with E-state index in [4.69, 9.17) is 4.74 Å². The number of ether oxygens (including phenoxy) is 1. The van der Waals surface area contributed by atoms with Gasteiger partial charge in [-0.15, -0.1) is 0 Å². The van der Waals surface area contributed by atoms with Crippen LogP contribution in [0.4, 0.5) is 0 Å². The minimum absolute atomic E-state index is 0.139. The van der Waals surface area contributed by atoms with Gasteiger partial charge in [0, 0.05) is 5.41 Å². The lowest BCUT2D eigenvalue weighted by Gasteiger charge is -2.46. The number of rotatable bonds is 4. The van der Waals surface area contributed by atoms with E-state index in [2.05, 4.69) is 32.0 Å². The smallest absolute Gasteiger partial charge is 0.309 e. The minimum atomic E-state index is -0.747. The van der Waals surface area contributed by atoms with Crippen LogP contribution in [0, 0.1) is 19.3 Å². The van der Waals surface area contributed by atoms with Crippen molar-refractivity contribution < 1.29 is 14.6 Å². The molecule has 1 aliphatic rings. The van der Waals surface area contributed by atoms with Crippen molar-refractivity contribution in [1.82, 2.24) is 0 Å². The maximum atomic E-state index is 11.4. The highest BCUT2D eigenvalue weighted by Crippen LogP contribution is 2.43. The molecule has 0 amide bonds. The molecule has 19 heavy (non-hydrogen) atoms. The molecule has 1 fully saturated rings. The quantitative estimate of drug-likeness (QED) is 0.907. The van der Waals surface area contributed by atoms with E-state index in [9.17, 15) is 9.90 Å². The van der Waals surface area contributed by atoms with Crippen molar-refractivity contribution in [3.63, 3.8) is 0 Å². The molecule has 3 heteroatoms. The molecule has 1 N–H and O–H groups in total. The molecule has 1 saturated heterocycles. The van der Waals surface area contributed by atoms with Crippen LogP contribution >= 0.6 is 0 Å². The first kappa shape index (κ1) is 14.1. The standard InChI is InChI=1S/C16H22O3/c1-11-5-6-13(12(2)7-11)16(9-19-10-16)8-15(3,4)14(17)18/h5-7H,8-10H2,1-4H3,(H,17,18). The fourth-order valence-electron chi connectivity index (χ4n) is 3.03. The van der Waals surface area contributed by atoms with Crippen LogP contribution in [0.3, 0.4) is 0 Å². The van der Waals surface area contributed by atoms with Crippen LogP contribution in [-0.4, -0.2) is 24.3 Å². The van der Waals surface area contributed by atoms with E-state index in [1.165, 1.54) is 16.7 Å². The topological polar surface area (TPSA) is 46.5 Å². The molecule has 1 aromatic carbocycles. The van der Waals surface area contributed by atoms with Gasteiger partial charge in [-0.2, -0.15) is 0 Å². The van der Waals surface area contributed by atoms with Crippen molar-refractivity contribution in [3.05, 3.63) is 34.9 Å². The summed E-state index contributed by atoms with van der Waals surface area (Å²) in [5.41, 5.74) is 2.82. The third-order valence-electron chi connectivity index (χ3n) is 4.07. The van der Waals surface area contributed by atoms with Gasteiger partial charge in [-0.3, -0.25) is 4.79 Å². The molecule has 1 heterocycles. The summed E-state index contributed by atoms with van der Waals surface area (Å²) in [6, 6.07) is 6.38. The molecule has 0 radical (unpaired) electrons. The number of aryl methyl sites for hydroxylation is 2. The van der Waals surface area contributed by atoms with E-state index in [0.29, 0.717) is 19.6 Å². The molecule has 1 aromatic rings. The van der Waals surface area contributed by atoms with Crippen LogP contribution in [0.2, 0.25) is 0 Å². The Labute approximate surface area is 114 Å². The number of carboxylic acids is 1. The lowest BCUT2D eigenvalue weighted by molar-refractivity contribution is -0.152. The van der Waals surface area contributed by atoms with E-state index in [-0.39, 0.29) is 5.41 Å². The second-order valence-corrected chi connectivity index (χ2v) is 6.46. The average Bonchev–Trinajstić information content (AvgIpc) is 2.24. The Kier molecular flexibility index (Phi) is 3.43. The summed E-state index contributed by atoms with van der Waals surface area (Å²) in [5.74, 6) is -0.747. The Morgan fingerprint density at radius 2 is 2.00 bits per heavy atom. The van der Waals surface area contributed by atoms with Gasteiger partial charge in [0.25, 0.3) is 0 Å². The van der Waals surface area contributed by atoms with Crippen LogP contribution in [0.5, 0.6) is 0 Å². The molecule has 1 aliphatic heterocycles. The first-order valence-corrected chi connectivity index (χ1v) is 6.66. The van der Waals surface area contributed by atoms with Gasteiger partial charge in [-0.05, 0) is 45.2 Å². The van der Waals surface area contributed by atoms with Gasteiger partial charge in [-0.25, -0.2) is 0 Å². The number of hydrogen-bond donors (Lipinski definition) is 1. The van der Waals surface area contributed by atoms with Gasteiger partial charge in [0.1, 0.15) is 0 Å². The summed E-state index contributed by atoms with van der Waals surface area (Å²) in [6.07, 6.45) is 0.610. The lowest BCUT2D eigenvalue weighted by Crippen LogP contribution is -2.51. The second-order valence-electron chi connectivity index (χ2n) is 6.46. The highest BCUT2D eigenvalue weighted by atomic mass is 16.5. The van der Waals surface area contributed by atoms with Gasteiger partial charge in [-0.1, -0.05) is 23.8 Å². The molecule has 2 rings (SSSR count). The van der Waals surface area contributed by atoms with Crippen LogP contribution < -0.4 is 0 Å². The van der Waals surface area contributed by atoms with E-state index in [1.807, 2.05) is 0 Å². The predicted octanol–water partition coefficient (Wildman–Crippen LogP) is 3.07. The molecule has 3 nitrogen and oxygen atoms in total. The largest absolute Gasteiger partial charge is 0.481 e. The van der Waals surface area contributed by atoms with Gasteiger partial charge >= 0.3 is 5.97 Å². The van der Waals surface area contributed by atoms with E-state index in [1.54, 1.807) is 13.8 Å². The molecular formula is C16H22O3. The Bertz CT molecular complexity index is 499. The third kappa shape index (κ3) is 2.52. The van der Waals surface area contributed by atoms with Crippen LogP contribution in [0.15, 0.2) is 18.2 Å². The van der Waals surface area contributed by atoms with Crippen LogP contribution in [0.25, 0.3) is 0 Å². The number of benzene rings is 1. The Balaban J connectivity index is 2.35. The highest BCUT2D eigenvalue weighted by molar-refractivity contribution is 5.74. The van der Waals surface area contributed by atoms with Crippen molar-refractivity contribution in [1.29, 1.82) is 0 Å². The molecule has 0 aromatic heterocycles. The fraction of sp³-hybridized carbons (Fsp3) is 0.562. The van der Waals surface area contributed by atoms with Crippen molar-refractivity contribution >= 4 is 5.97 Å². The SMILES string of the molecule is Cc1ccc(C2(CC(C)(C)C(=O)O)COC2)c(C)c1. The van der Waals surface area contributed by atoms with E-state index in [0.717, 1.165) is 0 Å². The molecule has 0 atom stereocenters. The average molecular weight is 262 g/mol. The Morgan fingerprint density at radius 1 is 1.37 bits per heavy atom. The maximum Gasteiger partial charge on any atom is 0.309 e.